The molecule has 12 heteroatoms. The molecule has 1 nitrogen and oxygen atoms in total. The Hall–Kier alpha value is -2.84. The van der Waals surface area contributed by atoms with E-state index >= 15 is 0 Å². The molecule has 0 saturated carbocycles. The maximum Gasteiger partial charge on any atom is 0.422 e. The maximum atomic E-state index is 14.0. The van der Waals surface area contributed by atoms with Crippen LogP contribution in [0.2, 0.25) is 0 Å². The van der Waals surface area contributed by atoms with Crippen LogP contribution in [0.3, 0.4) is 0 Å². The predicted molar refractivity (Wildman–Crippen MR) is 77.2 cm³/mol. The summed E-state index contributed by atoms with van der Waals surface area (Å²) in [6.07, 6.45) is -7.16. The van der Waals surface area contributed by atoms with Crippen LogP contribution in [0.25, 0.3) is 11.1 Å². The highest BCUT2D eigenvalue weighted by Gasteiger charge is 2.43. The number of hydrogen-bond donors (Lipinski definition) is 0. The lowest BCUT2D eigenvalue weighted by Crippen LogP contribution is -2.17. The monoisotopic (exact) mass is 435 g/mol. The van der Waals surface area contributed by atoms with E-state index < -0.39 is 81.4 Å². The summed E-state index contributed by atoms with van der Waals surface area (Å²) in [6.45, 7) is 4.00. The Kier molecular flexibility index (Phi) is 7.23. The van der Waals surface area contributed by atoms with Gasteiger partial charge in [-0.1, -0.05) is 13.8 Å². The van der Waals surface area contributed by atoms with Gasteiger partial charge >= 0.3 is 6.18 Å². The zero-order chi connectivity index (χ0) is 22.8. The number of nitriles is 1. The molecule has 0 aliphatic carbocycles. The van der Waals surface area contributed by atoms with Gasteiger partial charge in [-0.2, -0.15) is 18.4 Å². The number of rotatable bonds is 2. The van der Waals surface area contributed by atoms with Crippen molar-refractivity contribution in [3.8, 4) is 17.2 Å². The highest BCUT2D eigenvalue weighted by molar-refractivity contribution is 5.68. The van der Waals surface area contributed by atoms with E-state index in [4.69, 9.17) is 5.26 Å². The van der Waals surface area contributed by atoms with Crippen molar-refractivity contribution in [3.63, 3.8) is 0 Å². The van der Waals surface area contributed by atoms with E-state index in [1.54, 1.807) is 0 Å². The molecule has 0 aliphatic rings. The molecule has 29 heavy (non-hydrogen) atoms. The van der Waals surface area contributed by atoms with Gasteiger partial charge in [0.05, 0.1) is 23.6 Å². The van der Waals surface area contributed by atoms with Gasteiger partial charge in [-0.15, -0.1) is 0 Å². The Morgan fingerprint density at radius 2 is 0.931 bits per heavy atom. The molecular weight excluding hydrogens is 427 g/mol. The van der Waals surface area contributed by atoms with Crippen LogP contribution in [0, 0.1) is 57.9 Å². The van der Waals surface area contributed by atoms with E-state index in [9.17, 15) is 48.3 Å². The van der Waals surface area contributed by atoms with Crippen LogP contribution in [-0.4, -0.2) is 0 Å². The Bertz CT molecular complexity index is 929. The molecule has 0 saturated heterocycles. The van der Waals surface area contributed by atoms with Crippen molar-refractivity contribution in [1.82, 2.24) is 0 Å². The fourth-order valence-electron chi connectivity index (χ4n) is 2.23. The van der Waals surface area contributed by atoms with Gasteiger partial charge in [0.2, 0.25) is 0 Å². The van der Waals surface area contributed by atoms with Gasteiger partial charge in [-0.3, -0.25) is 0 Å². The Morgan fingerprint density at radius 3 is 1.21 bits per heavy atom. The molecule has 2 aromatic carbocycles. The first-order valence-electron chi connectivity index (χ1n) is 7.51. The minimum absolute atomic E-state index is 1.14. The third-order valence-corrected chi connectivity index (χ3v) is 3.41. The highest BCUT2D eigenvalue weighted by Crippen LogP contribution is 2.42. The molecule has 0 atom stereocenters. The summed E-state index contributed by atoms with van der Waals surface area (Å²) < 4.78 is 148. The molecule has 0 unspecified atom stereocenters. The molecule has 0 aromatic heterocycles. The zero-order valence-electron chi connectivity index (χ0n) is 14.3. The Labute approximate surface area is 156 Å². The Balaban J connectivity index is 0.00000204. The Morgan fingerprint density at radius 1 is 0.621 bits per heavy atom. The van der Waals surface area contributed by atoms with E-state index in [-0.39, 0.29) is 0 Å². The van der Waals surface area contributed by atoms with E-state index in [0.29, 0.717) is 0 Å². The molecule has 0 aliphatic heterocycles. The molecule has 0 N–H and O–H groups in total. The van der Waals surface area contributed by atoms with E-state index in [1.165, 1.54) is 0 Å². The average Bonchev–Trinajstić information content (AvgIpc) is 2.65. The van der Waals surface area contributed by atoms with Crippen LogP contribution in [0.4, 0.5) is 48.3 Å². The second-order valence-corrected chi connectivity index (χ2v) is 4.95. The van der Waals surface area contributed by atoms with Gasteiger partial charge in [0.15, 0.2) is 46.5 Å². The summed E-state index contributed by atoms with van der Waals surface area (Å²) >= 11 is 0. The van der Waals surface area contributed by atoms with Crippen LogP contribution in [-0.2, 0) is 12.6 Å². The molecule has 0 spiro atoms. The van der Waals surface area contributed by atoms with Crippen LogP contribution in [0.15, 0.2) is 0 Å². The standard InChI is InChI=1S/C15H2F11N.C2H6/c16-7-3(1-2-27)8(17)10(19)4(9(7)18)5-11(20)13(22)6(15(24,25)26)14(23)12(5)21;1-2/h1H2;1-2H3. The molecule has 0 heterocycles. The summed E-state index contributed by atoms with van der Waals surface area (Å²) in [5.41, 5.74) is -9.27. The van der Waals surface area contributed by atoms with Gasteiger partial charge in [-0.25, -0.2) is 35.1 Å². The first kappa shape index (κ1) is 24.2. The van der Waals surface area contributed by atoms with Crippen molar-refractivity contribution in [2.45, 2.75) is 26.4 Å². The third kappa shape index (κ3) is 3.99. The van der Waals surface area contributed by atoms with E-state index in [0.717, 1.165) is 6.07 Å². The molecule has 2 aromatic rings. The van der Waals surface area contributed by atoms with E-state index in [2.05, 4.69) is 0 Å². The smallest absolute Gasteiger partial charge is 0.203 e. The van der Waals surface area contributed by atoms with Gasteiger partial charge in [0, 0.05) is 5.56 Å². The lowest BCUT2D eigenvalue weighted by molar-refractivity contribution is -0.143. The fraction of sp³-hybridized carbons (Fsp3) is 0.235. The first-order valence-corrected chi connectivity index (χ1v) is 7.51. The highest BCUT2D eigenvalue weighted by atomic mass is 19.4. The molecule has 0 radical (unpaired) electrons. The molecule has 0 fully saturated rings. The average molecular weight is 435 g/mol. The quantitative estimate of drug-likeness (QED) is 0.386. The largest absolute Gasteiger partial charge is 0.422 e. The van der Waals surface area contributed by atoms with Crippen LogP contribution in [0.1, 0.15) is 25.0 Å². The number of hydrogen-bond acceptors (Lipinski definition) is 1. The number of benzene rings is 2. The van der Waals surface area contributed by atoms with Crippen molar-refractivity contribution < 1.29 is 48.3 Å². The summed E-state index contributed by atoms with van der Waals surface area (Å²) in [5.74, 6) is -21.7. The normalized spacial score (nSPS) is 11.0. The molecule has 0 bridgehead atoms. The number of halogens is 11. The van der Waals surface area contributed by atoms with Crippen molar-refractivity contribution >= 4 is 0 Å². The maximum absolute atomic E-state index is 14.0. The lowest BCUT2D eigenvalue weighted by atomic mass is 9.96. The van der Waals surface area contributed by atoms with Gasteiger partial charge < -0.3 is 0 Å². The SMILES string of the molecule is CC.N#CCc1c(F)c(F)c(-c2c(F)c(F)c(C(F)(F)F)c(F)c2F)c(F)c1F. The van der Waals surface area contributed by atoms with Crippen molar-refractivity contribution in [3.05, 3.63) is 57.7 Å². The topological polar surface area (TPSA) is 23.8 Å². The fourth-order valence-corrected chi connectivity index (χ4v) is 2.23. The number of alkyl halides is 3. The van der Waals surface area contributed by atoms with Crippen molar-refractivity contribution in [2.75, 3.05) is 0 Å². The molecule has 0 amide bonds. The van der Waals surface area contributed by atoms with Gasteiger partial charge in [-0.05, 0) is 0 Å². The second kappa shape index (κ2) is 8.67. The lowest BCUT2D eigenvalue weighted by Gasteiger charge is -2.16. The summed E-state index contributed by atoms with van der Waals surface area (Å²) in [7, 11) is 0. The first-order chi connectivity index (χ1) is 13.4. The van der Waals surface area contributed by atoms with Gasteiger partial charge in [0.25, 0.3) is 0 Å². The van der Waals surface area contributed by atoms with Crippen molar-refractivity contribution in [1.29, 1.82) is 5.26 Å². The van der Waals surface area contributed by atoms with Crippen LogP contribution < -0.4 is 0 Å². The zero-order valence-corrected chi connectivity index (χ0v) is 14.3. The van der Waals surface area contributed by atoms with E-state index in [1.807, 2.05) is 13.8 Å². The van der Waals surface area contributed by atoms with Gasteiger partial charge in [0.1, 0.15) is 5.56 Å². The van der Waals surface area contributed by atoms with Crippen molar-refractivity contribution in [2.24, 2.45) is 0 Å². The summed E-state index contributed by atoms with van der Waals surface area (Å²) in [6, 6.07) is 1.14. The summed E-state index contributed by atoms with van der Waals surface area (Å²) in [4.78, 5) is 0. The van der Waals surface area contributed by atoms with Crippen LogP contribution in [0.5, 0.6) is 0 Å². The number of nitrogens with zero attached hydrogens (tertiary/aromatic N) is 1. The molecule has 158 valence electrons. The molecule has 2 rings (SSSR count). The second-order valence-electron chi connectivity index (χ2n) is 4.95. The third-order valence-electron chi connectivity index (χ3n) is 3.41. The molecular formula is C17H8F11N. The predicted octanol–water partition coefficient (Wildman–Crippen LogP) is 6.58. The summed E-state index contributed by atoms with van der Waals surface area (Å²) in [5, 5.41) is 8.35. The minimum Gasteiger partial charge on any atom is -0.203 e. The minimum atomic E-state index is -5.93. The van der Waals surface area contributed by atoms with Crippen LogP contribution >= 0.6 is 0 Å².